The van der Waals surface area contributed by atoms with Crippen LogP contribution in [0.5, 0.6) is 0 Å². The molecule has 0 spiro atoms. The van der Waals surface area contributed by atoms with Gasteiger partial charge >= 0.3 is 0 Å². The van der Waals surface area contributed by atoms with Crippen LogP contribution < -0.4 is 5.32 Å². The van der Waals surface area contributed by atoms with Crippen LogP contribution in [0.1, 0.15) is 74.3 Å². The van der Waals surface area contributed by atoms with E-state index in [-0.39, 0.29) is 55.0 Å². The van der Waals surface area contributed by atoms with E-state index in [9.17, 15) is 0 Å². The van der Waals surface area contributed by atoms with Gasteiger partial charge in [-0.15, -0.1) is 0 Å². The fourth-order valence-electron chi connectivity index (χ4n) is 1.41. The second kappa shape index (κ2) is 17.6. The number of rotatable bonds is 5. The second-order valence-corrected chi connectivity index (χ2v) is 5.43. The number of nitrogens with one attached hydrogen (secondary N) is 1. The van der Waals surface area contributed by atoms with E-state index < -0.39 is 0 Å². The van der Waals surface area contributed by atoms with E-state index in [1.54, 1.807) is 0 Å². The smallest absolute Gasteiger partial charge is 0.0970 e. The van der Waals surface area contributed by atoms with E-state index in [0.717, 1.165) is 6.73 Å². The van der Waals surface area contributed by atoms with Crippen molar-refractivity contribution in [1.29, 1.82) is 0 Å². The predicted octanol–water partition coefficient (Wildman–Crippen LogP) is 5.84. The first-order valence-electron chi connectivity index (χ1n) is 6.99. The monoisotopic (exact) mass is 386 g/mol. The van der Waals surface area contributed by atoms with Crippen molar-refractivity contribution in [2.75, 3.05) is 6.73 Å². The summed E-state index contributed by atoms with van der Waals surface area (Å²) in [5.41, 5.74) is 1.41. The summed E-state index contributed by atoms with van der Waals surface area (Å²) in [6.45, 7) is 9.37. The minimum atomic E-state index is 0. The number of benzene rings is 1. The molecule has 2 rings (SSSR count). The molecule has 0 amide bonds. The van der Waals surface area contributed by atoms with Gasteiger partial charge in [-0.3, -0.25) is 5.32 Å². The first-order valence-corrected chi connectivity index (χ1v) is 6.99. The Morgan fingerprint density at radius 1 is 1.00 bits per heavy atom. The summed E-state index contributed by atoms with van der Waals surface area (Å²) in [6.07, 6.45) is 3.11. The molecule has 1 aromatic carbocycles. The van der Waals surface area contributed by atoms with Crippen molar-refractivity contribution in [3.05, 3.63) is 35.9 Å². The van der Waals surface area contributed by atoms with Crippen LogP contribution in [0, 0.1) is 0 Å². The predicted molar refractivity (Wildman–Crippen MR) is 98.0 cm³/mol. The first-order chi connectivity index (χ1) is 8.59. The van der Waals surface area contributed by atoms with E-state index in [4.69, 9.17) is 4.74 Å². The molecule has 0 bridgehead atoms. The van der Waals surface area contributed by atoms with Crippen molar-refractivity contribution in [3.8, 4) is 0 Å². The van der Waals surface area contributed by atoms with Crippen LogP contribution in [0.2, 0.25) is 0 Å². The Morgan fingerprint density at radius 3 is 1.82 bits per heavy atom. The largest absolute Gasteiger partial charge is 0.363 e. The summed E-state index contributed by atoms with van der Waals surface area (Å²) in [5.74, 6) is 0.659. The molecule has 1 aliphatic rings. The zero-order valence-electron chi connectivity index (χ0n) is 12.7. The minimum absolute atomic E-state index is 0. The molecule has 129 valence electrons. The normalized spacial score (nSPS) is 11.9. The molecule has 1 N–H and O–H groups in total. The van der Waals surface area contributed by atoms with Crippen molar-refractivity contribution in [2.24, 2.45) is 0 Å². The maximum atomic E-state index is 5.35. The van der Waals surface area contributed by atoms with E-state index in [1.807, 2.05) is 6.07 Å². The summed E-state index contributed by atoms with van der Waals surface area (Å²) in [6, 6.07) is 11.1. The van der Waals surface area contributed by atoms with Crippen molar-refractivity contribution < 1.29 is 37.4 Å². The maximum absolute atomic E-state index is 5.35. The summed E-state index contributed by atoms with van der Waals surface area (Å²) in [5, 5.41) is 3.19. The molecule has 3 heteroatoms. The Morgan fingerprint density at radius 2 is 1.50 bits per heavy atom. The summed E-state index contributed by atoms with van der Waals surface area (Å²) < 4.78 is 5.35. The van der Waals surface area contributed by atoms with Gasteiger partial charge in [0.15, 0.2) is 0 Å². The SMILES string of the molecule is C.C.C.CC(C)NCOC1CC1.CC(C)c1ccccc1.[Y]. The van der Waals surface area contributed by atoms with Gasteiger partial charge in [0.25, 0.3) is 0 Å². The van der Waals surface area contributed by atoms with Crippen LogP contribution in [0.25, 0.3) is 0 Å². The van der Waals surface area contributed by atoms with Crippen LogP contribution in [0.3, 0.4) is 0 Å². The Labute approximate surface area is 165 Å². The third kappa shape index (κ3) is 16.6. The zero-order valence-corrected chi connectivity index (χ0v) is 15.6. The number of ether oxygens (including phenoxy) is 1. The van der Waals surface area contributed by atoms with Crippen LogP contribution in [0.4, 0.5) is 0 Å². The van der Waals surface area contributed by atoms with Crippen LogP contribution in [-0.2, 0) is 37.4 Å². The minimum Gasteiger partial charge on any atom is -0.363 e. The molecule has 0 atom stereocenters. The summed E-state index contributed by atoms with van der Waals surface area (Å²) in [4.78, 5) is 0. The van der Waals surface area contributed by atoms with Gasteiger partial charge in [-0.2, -0.15) is 0 Å². The molecule has 0 unspecified atom stereocenters. The fourth-order valence-corrected chi connectivity index (χ4v) is 1.41. The first kappa shape index (κ1) is 30.2. The van der Waals surface area contributed by atoms with Crippen LogP contribution in [-0.4, -0.2) is 18.9 Å². The van der Waals surface area contributed by atoms with Gasteiger partial charge in [0.2, 0.25) is 0 Å². The van der Waals surface area contributed by atoms with E-state index in [0.29, 0.717) is 18.1 Å². The third-order valence-electron chi connectivity index (χ3n) is 2.80. The van der Waals surface area contributed by atoms with Gasteiger partial charge in [-0.25, -0.2) is 0 Å². The molecule has 0 saturated heterocycles. The molecule has 0 heterocycles. The van der Waals surface area contributed by atoms with Crippen molar-refractivity contribution >= 4 is 0 Å². The van der Waals surface area contributed by atoms with Crippen LogP contribution in [0.15, 0.2) is 30.3 Å². The summed E-state index contributed by atoms with van der Waals surface area (Å²) in [7, 11) is 0. The van der Waals surface area contributed by atoms with Gasteiger partial charge in [0.1, 0.15) is 0 Å². The molecule has 1 aliphatic carbocycles. The topological polar surface area (TPSA) is 21.3 Å². The Hall–Kier alpha value is 0.244. The van der Waals surface area contributed by atoms with E-state index in [2.05, 4.69) is 57.3 Å². The van der Waals surface area contributed by atoms with E-state index >= 15 is 0 Å². The van der Waals surface area contributed by atoms with Gasteiger partial charge in [-0.1, -0.05) is 66.5 Å². The van der Waals surface area contributed by atoms with Crippen molar-refractivity contribution in [2.45, 2.75) is 80.9 Å². The molecule has 1 radical (unpaired) electrons. The van der Waals surface area contributed by atoms with Gasteiger partial charge in [0.05, 0.1) is 12.8 Å². The molecule has 22 heavy (non-hydrogen) atoms. The molecular formula is C19H39NOY. The fraction of sp³-hybridized carbons (Fsp3) is 0.684. The number of hydrogen-bond donors (Lipinski definition) is 1. The molecule has 2 nitrogen and oxygen atoms in total. The maximum Gasteiger partial charge on any atom is 0.0970 e. The molecular weight excluding hydrogens is 347 g/mol. The quantitative estimate of drug-likeness (QED) is 0.642. The van der Waals surface area contributed by atoms with E-state index in [1.165, 1.54) is 18.4 Å². The number of hydrogen-bond acceptors (Lipinski definition) is 2. The van der Waals surface area contributed by atoms with Gasteiger partial charge < -0.3 is 4.74 Å². The van der Waals surface area contributed by atoms with Gasteiger partial charge in [0, 0.05) is 38.8 Å². The van der Waals surface area contributed by atoms with Gasteiger partial charge in [-0.05, 0) is 38.2 Å². The second-order valence-electron chi connectivity index (χ2n) is 5.43. The Bertz CT molecular complexity index is 308. The molecule has 1 aromatic rings. The molecule has 0 aromatic heterocycles. The molecule has 1 fully saturated rings. The third-order valence-corrected chi connectivity index (χ3v) is 2.80. The molecule has 0 aliphatic heterocycles. The Balaban J connectivity index is -0.000000125. The average molecular weight is 386 g/mol. The van der Waals surface area contributed by atoms with Crippen LogP contribution >= 0.6 is 0 Å². The molecule has 1 saturated carbocycles. The average Bonchev–Trinajstić information content (AvgIpc) is 3.15. The van der Waals surface area contributed by atoms with Crippen molar-refractivity contribution in [3.63, 3.8) is 0 Å². The standard InChI is InChI=1S/C9H12.C7H15NO.3CH4.Y/c1-8(2)9-6-4-3-5-7-9;1-6(2)8-5-9-7-3-4-7;;;;/h3-8H,1-2H3;6-8H,3-5H2,1-2H3;3*1H4;. The Kier molecular flexibility index (Phi) is 24.1. The zero-order chi connectivity index (χ0) is 13.4. The van der Waals surface area contributed by atoms with Crippen molar-refractivity contribution in [1.82, 2.24) is 5.32 Å². The summed E-state index contributed by atoms with van der Waals surface area (Å²) >= 11 is 0.